The Hall–Kier alpha value is -2.63. The molecule has 0 aliphatic heterocycles. The highest BCUT2D eigenvalue weighted by Crippen LogP contribution is 2.23. The summed E-state index contributed by atoms with van der Waals surface area (Å²) in [4.78, 5) is 13.4. The zero-order valence-electron chi connectivity index (χ0n) is 10.6. The van der Waals surface area contributed by atoms with Crippen LogP contribution in [0.15, 0.2) is 36.4 Å². The molecule has 0 spiro atoms. The topological polar surface area (TPSA) is 66.6 Å². The van der Waals surface area contributed by atoms with Crippen molar-refractivity contribution in [2.75, 3.05) is 17.7 Å². The summed E-state index contributed by atoms with van der Waals surface area (Å²) in [7, 11) is 1.44. The Balaban J connectivity index is 2.39. The van der Waals surface area contributed by atoms with Crippen molar-refractivity contribution in [1.82, 2.24) is 0 Å². The van der Waals surface area contributed by atoms with Crippen LogP contribution in [0, 0.1) is 11.6 Å². The summed E-state index contributed by atoms with van der Waals surface area (Å²) < 4.78 is 26.2. The van der Waals surface area contributed by atoms with Gasteiger partial charge < -0.3 is 15.7 Å². The second-order valence-corrected chi connectivity index (χ2v) is 4.24. The van der Waals surface area contributed by atoms with Crippen molar-refractivity contribution in [3.63, 3.8) is 0 Å². The van der Waals surface area contributed by atoms with E-state index in [0.29, 0.717) is 5.69 Å². The summed E-state index contributed by atoms with van der Waals surface area (Å²) in [6.45, 7) is 0. The Labute approximate surface area is 114 Å². The van der Waals surface area contributed by atoms with Crippen LogP contribution in [0.2, 0.25) is 0 Å². The highest BCUT2D eigenvalue weighted by atomic mass is 19.2. The van der Waals surface area contributed by atoms with Gasteiger partial charge in [-0.2, -0.15) is 0 Å². The molecule has 0 aliphatic carbocycles. The molecule has 0 radical (unpaired) electrons. The molecule has 0 aliphatic rings. The molecule has 2 rings (SSSR count). The van der Waals surface area contributed by atoms with Crippen LogP contribution in [0.3, 0.4) is 0 Å². The molecule has 0 heterocycles. The van der Waals surface area contributed by atoms with Gasteiger partial charge in [0.25, 0.3) is 5.91 Å². The maximum Gasteiger partial charge on any atom is 0.260 e. The number of phenols is 1. The quantitative estimate of drug-likeness (QED) is 0.829. The molecule has 4 nitrogen and oxygen atoms in total. The van der Waals surface area contributed by atoms with E-state index < -0.39 is 17.5 Å². The van der Waals surface area contributed by atoms with Crippen molar-refractivity contribution in [2.45, 2.75) is 0 Å². The van der Waals surface area contributed by atoms with Gasteiger partial charge in [-0.25, -0.2) is 8.78 Å². The van der Waals surface area contributed by atoms with Gasteiger partial charge >= 0.3 is 0 Å². The summed E-state index contributed by atoms with van der Waals surface area (Å²) in [6, 6.07) is 7.49. The highest BCUT2D eigenvalue weighted by Gasteiger charge is 2.19. The van der Waals surface area contributed by atoms with Crippen molar-refractivity contribution in [3.8, 4) is 5.75 Å². The van der Waals surface area contributed by atoms with Gasteiger partial charge in [0.15, 0.2) is 11.6 Å². The fourth-order valence-electron chi connectivity index (χ4n) is 1.75. The summed E-state index contributed by atoms with van der Waals surface area (Å²) in [5, 5.41) is 9.38. The fraction of sp³-hybridized carbons (Fsp3) is 0.0714. The third kappa shape index (κ3) is 2.54. The number of hydrogen-bond acceptors (Lipinski definition) is 3. The van der Waals surface area contributed by atoms with Crippen LogP contribution in [0.1, 0.15) is 10.4 Å². The van der Waals surface area contributed by atoms with Crippen LogP contribution in [-0.4, -0.2) is 18.1 Å². The normalized spacial score (nSPS) is 10.3. The number of amides is 1. The molecule has 0 saturated carbocycles. The fourth-order valence-corrected chi connectivity index (χ4v) is 1.75. The summed E-state index contributed by atoms with van der Waals surface area (Å²) >= 11 is 0. The third-order valence-electron chi connectivity index (χ3n) is 2.84. The first kappa shape index (κ1) is 13.8. The predicted molar refractivity (Wildman–Crippen MR) is 71.6 cm³/mol. The molecular weight excluding hydrogens is 266 g/mol. The molecule has 6 heteroatoms. The van der Waals surface area contributed by atoms with Crippen LogP contribution in [0.25, 0.3) is 0 Å². The summed E-state index contributed by atoms with van der Waals surface area (Å²) in [6.07, 6.45) is 0. The Bertz CT molecular complexity index is 674. The zero-order chi connectivity index (χ0) is 14.9. The molecule has 1 amide bonds. The van der Waals surface area contributed by atoms with Gasteiger partial charge in [-0.15, -0.1) is 0 Å². The van der Waals surface area contributed by atoms with Crippen LogP contribution in [-0.2, 0) is 0 Å². The van der Waals surface area contributed by atoms with Crippen LogP contribution in [0.5, 0.6) is 5.75 Å². The number of anilines is 2. The van der Waals surface area contributed by atoms with E-state index in [1.54, 1.807) is 12.1 Å². The minimum atomic E-state index is -1.15. The van der Waals surface area contributed by atoms with E-state index in [1.165, 1.54) is 24.1 Å². The van der Waals surface area contributed by atoms with Crippen LogP contribution in [0.4, 0.5) is 20.2 Å². The van der Waals surface area contributed by atoms with Crippen molar-refractivity contribution in [3.05, 3.63) is 53.6 Å². The van der Waals surface area contributed by atoms with Gasteiger partial charge in [0.05, 0.1) is 5.56 Å². The van der Waals surface area contributed by atoms with Crippen molar-refractivity contribution in [2.24, 2.45) is 0 Å². The number of hydrogen-bond donors (Lipinski definition) is 2. The SMILES string of the molecule is CN(C(=O)c1cc(F)c(F)cc1N)c1cccc(O)c1. The Morgan fingerprint density at radius 3 is 2.50 bits per heavy atom. The maximum atomic E-state index is 13.2. The van der Waals surface area contributed by atoms with E-state index in [1.807, 2.05) is 0 Å². The van der Waals surface area contributed by atoms with Crippen molar-refractivity contribution >= 4 is 17.3 Å². The number of nitrogen functional groups attached to an aromatic ring is 1. The first-order chi connectivity index (χ1) is 9.40. The number of nitrogens with two attached hydrogens (primary N) is 1. The first-order valence-electron chi connectivity index (χ1n) is 5.71. The third-order valence-corrected chi connectivity index (χ3v) is 2.84. The molecule has 0 fully saturated rings. The van der Waals surface area contributed by atoms with Crippen LogP contribution >= 0.6 is 0 Å². The molecule has 104 valence electrons. The summed E-state index contributed by atoms with van der Waals surface area (Å²) in [5.74, 6) is -2.88. The van der Waals surface area contributed by atoms with E-state index in [9.17, 15) is 18.7 Å². The smallest absolute Gasteiger partial charge is 0.260 e. The van der Waals surface area contributed by atoms with E-state index in [4.69, 9.17) is 5.73 Å². The highest BCUT2D eigenvalue weighted by molar-refractivity contribution is 6.09. The number of benzene rings is 2. The molecule has 20 heavy (non-hydrogen) atoms. The number of rotatable bonds is 2. The average Bonchev–Trinajstić information content (AvgIpc) is 2.41. The molecule has 0 atom stereocenters. The minimum absolute atomic E-state index is 0.0135. The Morgan fingerprint density at radius 1 is 1.20 bits per heavy atom. The van der Waals surface area contributed by atoms with Gasteiger partial charge in [0.2, 0.25) is 0 Å². The average molecular weight is 278 g/mol. The molecule has 0 bridgehead atoms. The lowest BCUT2D eigenvalue weighted by Crippen LogP contribution is -2.27. The number of carbonyl (C=O) groups is 1. The summed E-state index contributed by atoms with van der Waals surface area (Å²) in [5.41, 5.74) is 5.64. The van der Waals surface area contributed by atoms with E-state index in [-0.39, 0.29) is 17.0 Å². The largest absolute Gasteiger partial charge is 0.508 e. The number of nitrogens with zero attached hydrogens (tertiary/aromatic N) is 1. The van der Waals surface area contributed by atoms with E-state index >= 15 is 0 Å². The van der Waals surface area contributed by atoms with Gasteiger partial charge in [0, 0.05) is 30.6 Å². The Kier molecular flexibility index (Phi) is 3.56. The van der Waals surface area contributed by atoms with Crippen molar-refractivity contribution in [1.29, 1.82) is 0 Å². The second kappa shape index (κ2) is 5.16. The lowest BCUT2D eigenvalue weighted by Gasteiger charge is -2.18. The molecule has 2 aromatic carbocycles. The lowest BCUT2D eigenvalue weighted by atomic mass is 10.1. The monoisotopic (exact) mass is 278 g/mol. The van der Waals surface area contributed by atoms with Gasteiger partial charge in [-0.3, -0.25) is 4.79 Å². The minimum Gasteiger partial charge on any atom is -0.508 e. The van der Waals surface area contributed by atoms with Crippen LogP contribution < -0.4 is 10.6 Å². The number of halogens is 2. The number of phenolic OH excluding ortho intramolecular Hbond substituents is 1. The molecular formula is C14H12F2N2O2. The molecule has 3 N–H and O–H groups in total. The maximum absolute atomic E-state index is 13.2. The van der Waals surface area contributed by atoms with E-state index in [0.717, 1.165) is 12.1 Å². The number of aromatic hydroxyl groups is 1. The van der Waals surface area contributed by atoms with Gasteiger partial charge in [-0.05, 0) is 18.2 Å². The molecule has 0 unspecified atom stereocenters. The first-order valence-corrected chi connectivity index (χ1v) is 5.71. The molecule has 0 saturated heterocycles. The zero-order valence-corrected chi connectivity index (χ0v) is 10.6. The van der Waals surface area contributed by atoms with E-state index in [2.05, 4.69) is 0 Å². The Morgan fingerprint density at radius 2 is 1.85 bits per heavy atom. The molecule has 2 aromatic rings. The lowest BCUT2D eigenvalue weighted by molar-refractivity contribution is 0.0993. The number of carbonyl (C=O) groups excluding carboxylic acids is 1. The second-order valence-electron chi connectivity index (χ2n) is 4.24. The predicted octanol–water partition coefficient (Wildman–Crippen LogP) is 2.53. The standard InChI is InChI=1S/C14H12F2N2O2/c1-18(8-3-2-4-9(19)5-8)14(20)10-6-11(15)12(16)7-13(10)17/h2-7,19H,17H2,1H3. The van der Waals surface area contributed by atoms with Crippen molar-refractivity contribution < 1.29 is 18.7 Å². The van der Waals surface area contributed by atoms with Gasteiger partial charge in [-0.1, -0.05) is 6.07 Å². The molecule has 0 aromatic heterocycles. The van der Waals surface area contributed by atoms with Gasteiger partial charge in [0.1, 0.15) is 5.75 Å².